The van der Waals surface area contributed by atoms with Gasteiger partial charge in [0, 0.05) is 18.7 Å². The van der Waals surface area contributed by atoms with E-state index in [1.807, 2.05) is 4.72 Å². The summed E-state index contributed by atoms with van der Waals surface area (Å²) in [6.45, 7) is 5.03. The van der Waals surface area contributed by atoms with Crippen LogP contribution < -0.4 is 13.6 Å². The Morgan fingerprint density at radius 1 is 1.15 bits per heavy atom. The van der Waals surface area contributed by atoms with Crippen LogP contribution in [-0.2, 0) is 20.3 Å². The van der Waals surface area contributed by atoms with Crippen LogP contribution in [-0.4, -0.2) is 34.4 Å². The smallest absolute Gasteiger partial charge is 0.350 e. The first kappa shape index (κ1) is 16.8. The lowest BCUT2D eigenvalue weighted by Crippen LogP contribution is -2.40. The van der Waals surface area contributed by atoms with Gasteiger partial charge in [0.15, 0.2) is 5.03 Å². The van der Waals surface area contributed by atoms with Crippen molar-refractivity contribution in [2.24, 2.45) is 0 Å². The Morgan fingerprint density at radius 2 is 1.75 bits per heavy atom. The highest BCUT2D eigenvalue weighted by Gasteiger charge is 2.24. The van der Waals surface area contributed by atoms with Crippen LogP contribution in [0.15, 0.2) is 23.2 Å². The van der Waals surface area contributed by atoms with E-state index in [4.69, 9.17) is 0 Å². The van der Waals surface area contributed by atoms with Crippen molar-refractivity contribution in [3.05, 3.63) is 18.2 Å². The Labute approximate surface area is 118 Å². The van der Waals surface area contributed by atoms with Crippen molar-refractivity contribution in [2.75, 3.05) is 7.05 Å². The Morgan fingerprint density at radius 3 is 2.25 bits per heavy atom. The fraction of sp³-hybridized carbons (Fsp3) is 0.500. The molecule has 0 aliphatic rings. The van der Waals surface area contributed by atoms with E-state index >= 15 is 0 Å². The minimum absolute atomic E-state index is 0.323. The lowest BCUT2D eigenvalue weighted by Gasteiger charge is -2.19. The van der Waals surface area contributed by atoms with Gasteiger partial charge in [-0.15, -0.1) is 0 Å². The molecule has 0 unspecified atom stereocenters. The fourth-order valence-electron chi connectivity index (χ4n) is 1.20. The third-order valence-corrected chi connectivity index (χ3v) is 4.41. The summed E-state index contributed by atoms with van der Waals surface area (Å²) in [6, 6.07) is 3.82. The molecule has 0 fully saturated rings. The molecule has 114 valence electrons. The van der Waals surface area contributed by atoms with Gasteiger partial charge in [-0.1, -0.05) is 6.07 Å². The minimum Gasteiger partial charge on any atom is -0.350 e. The normalized spacial score (nSPS) is 13.2. The first-order chi connectivity index (χ1) is 8.95. The first-order valence-corrected chi connectivity index (χ1v) is 8.48. The molecule has 0 aliphatic heterocycles. The van der Waals surface area contributed by atoms with Crippen molar-refractivity contribution in [3.63, 3.8) is 0 Å². The standard InChI is InChI=1S/C10H17N3O5S2/c1-10(2,3)13-19(14,15)9-7-5-6-8(12-9)18-20(16,17)11-4/h5-7,11,13H,1-4H3. The van der Waals surface area contributed by atoms with E-state index in [1.54, 1.807) is 20.8 Å². The van der Waals surface area contributed by atoms with Crippen LogP contribution in [0.3, 0.4) is 0 Å². The van der Waals surface area contributed by atoms with Crippen molar-refractivity contribution < 1.29 is 21.0 Å². The molecule has 0 atom stereocenters. The molecule has 8 nitrogen and oxygen atoms in total. The zero-order chi connectivity index (χ0) is 15.6. The molecule has 10 heteroatoms. The van der Waals surface area contributed by atoms with Crippen molar-refractivity contribution in [2.45, 2.75) is 31.3 Å². The summed E-state index contributed by atoms with van der Waals surface area (Å²) < 4.78 is 55.4. The van der Waals surface area contributed by atoms with Gasteiger partial charge in [-0.05, 0) is 26.8 Å². The van der Waals surface area contributed by atoms with Crippen molar-refractivity contribution >= 4 is 20.3 Å². The quantitative estimate of drug-likeness (QED) is 0.788. The summed E-state index contributed by atoms with van der Waals surface area (Å²) in [5.41, 5.74) is -0.686. The minimum atomic E-state index is -4.00. The average Bonchev–Trinajstić information content (AvgIpc) is 2.25. The molecule has 0 aliphatic carbocycles. The number of hydrogen-bond donors (Lipinski definition) is 2. The highest BCUT2D eigenvalue weighted by Crippen LogP contribution is 2.15. The zero-order valence-corrected chi connectivity index (χ0v) is 13.2. The van der Waals surface area contributed by atoms with Gasteiger partial charge in [0.2, 0.25) is 5.88 Å². The maximum atomic E-state index is 12.0. The maximum absolute atomic E-state index is 12.0. The topological polar surface area (TPSA) is 114 Å². The lowest BCUT2D eigenvalue weighted by molar-refractivity contribution is 0.461. The first-order valence-electron chi connectivity index (χ1n) is 5.59. The lowest BCUT2D eigenvalue weighted by atomic mass is 10.1. The molecule has 1 aromatic heterocycles. The van der Waals surface area contributed by atoms with Crippen LogP contribution in [0.25, 0.3) is 0 Å². The molecular formula is C10H17N3O5S2. The molecular weight excluding hydrogens is 306 g/mol. The molecule has 0 saturated carbocycles. The highest BCUT2D eigenvalue weighted by molar-refractivity contribution is 7.89. The second kappa shape index (κ2) is 5.64. The Hall–Kier alpha value is -1.23. The van der Waals surface area contributed by atoms with Gasteiger partial charge in [0.25, 0.3) is 10.0 Å². The van der Waals surface area contributed by atoms with Crippen LogP contribution in [0.4, 0.5) is 0 Å². The Balaban J connectivity index is 3.11. The summed E-state index contributed by atoms with van der Waals surface area (Å²) in [6.07, 6.45) is 0. The van der Waals surface area contributed by atoms with Crippen LogP contribution in [0, 0.1) is 0 Å². The van der Waals surface area contributed by atoms with Crippen molar-refractivity contribution in [3.8, 4) is 5.88 Å². The van der Waals surface area contributed by atoms with Gasteiger partial charge in [-0.3, -0.25) is 0 Å². The number of sulfonamides is 1. The molecule has 0 radical (unpaired) electrons. The molecule has 1 aromatic rings. The van der Waals surface area contributed by atoms with E-state index in [-0.39, 0.29) is 10.9 Å². The molecule has 0 saturated heterocycles. The fourth-order valence-corrected chi connectivity index (χ4v) is 2.98. The second-order valence-electron chi connectivity index (χ2n) is 4.91. The average molecular weight is 323 g/mol. The van der Waals surface area contributed by atoms with E-state index in [0.29, 0.717) is 0 Å². The molecule has 1 heterocycles. The predicted molar refractivity (Wildman–Crippen MR) is 72.9 cm³/mol. The van der Waals surface area contributed by atoms with E-state index in [2.05, 4.69) is 13.9 Å². The summed E-state index contributed by atoms with van der Waals surface area (Å²) in [4.78, 5) is 3.67. The molecule has 0 aromatic carbocycles. The largest absolute Gasteiger partial charge is 0.383 e. The monoisotopic (exact) mass is 323 g/mol. The Bertz CT molecular complexity index is 677. The van der Waals surface area contributed by atoms with E-state index in [0.717, 1.165) is 7.05 Å². The summed E-state index contributed by atoms with van der Waals surface area (Å²) in [5, 5.41) is -0.323. The Kier molecular flexibility index (Phi) is 4.74. The van der Waals surface area contributed by atoms with E-state index in [1.165, 1.54) is 18.2 Å². The summed E-state index contributed by atoms with van der Waals surface area (Å²) >= 11 is 0. The van der Waals surface area contributed by atoms with Crippen LogP contribution in [0.1, 0.15) is 20.8 Å². The SMILES string of the molecule is CNS(=O)(=O)Oc1cccc(S(=O)(=O)NC(C)(C)C)n1. The molecule has 0 amide bonds. The maximum Gasteiger partial charge on any atom is 0.383 e. The van der Waals surface area contributed by atoms with Gasteiger partial charge in [-0.2, -0.15) is 18.1 Å². The third kappa shape index (κ3) is 5.04. The number of nitrogens with zero attached hydrogens (tertiary/aromatic N) is 1. The predicted octanol–water partition coefficient (Wildman–Crippen LogP) is 0.00140. The number of pyridine rings is 1. The van der Waals surface area contributed by atoms with Crippen LogP contribution in [0.2, 0.25) is 0 Å². The van der Waals surface area contributed by atoms with Gasteiger partial charge in [-0.25, -0.2) is 13.1 Å². The molecule has 2 N–H and O–H groups in total. The number of hydrogen-bond acceptors (Lipinski definition) is 6. The molecule has 0 bridgehead atoms. The molecule has 0 spiro atoms. The van der Waals surface area contributed by atoms with Gasteiger partial charge in [0.05, 0.1) is 0 Å². The summed E-state index contributed by atoms with van der Waals surface area (Å²) in [5.74, 6) is -0.337. The summed E-state index contributed by atoms with van der Waals surface area (Å²) in [7, 11) is -6.69. The zero-order valence-electron chi connectivity index (χ0n) is 11.5. The second-order valence-corrected chi connectivity index (χ2v) is 8.02. The molecule has 1 rings (SSSR count). The van der Waals surface area contributed by atoms with Crippen LogP contribution >= 0.6 is 0 Å². The number of nitrogens with one attached hydrogen (secondary N) is 2. The van der Waals surface area contributed by atoms with E-state index < -0.39 is 25.9 Å². The van der Waals surface area contributed by atoms with Crippen LogP contribution in [0.5, 0.6) is 5.88 Å². The number of aromatic nitrogens is 1. The van der Waals surface area contributed by atoms with Crippen molar-refractivity contribution in [1.29, 1.82) is 0 Å². The van der Waals surface area contributed by atoms with Gasteiger partial charge < -0.3 is 4.18 Å². The van der Waals surface area contributed by atoms with Gasteiger partial charge >= 0.3 is 10.3 Å². The highest BCUT2D eigenvalue weighted by atomic mass is 32.2. The van der Waals surface area contributed by atoms with E-state index in [9.17, 15) is 16.8 Å². The number of rotatable bonds is 5. The molecule has 20 heavy (non-hydrogen) atoms. The third-order valence-electron chi connectivity index (χ3n) is 1.86. The van der Waals surface area contributed by atoms with Gasteiger partial charge in [0.1, 0.15) is 0 Å². The van der Waals surface area contributed by atoms with Crippen molar-refractivity contribution in [1.82, 2.24) is 14.4 Å².